The van der Waals surface area contributed by atoms with Gasteiger partial charge in [0.1, 0.15) is 4.90 Å². The van der Waals surface area contributed by atoms with E-state index in [0.29, 0.717) is 0 Å². The highest BCUT2D eigenvalue weighted by atomic mass is 35.5. The van der Waals surface area contributed by atoms with Crippen LogP contribution in [0.15, 0.2) is 34.0 Å². The summed E-state index contributed by atoms with van der Waals surface area (Å²) < 4.78 is 35.5. The molecule has 0 unspecified atom stereocenters. The third-order valence-electron chi connectivity index (χ3n) is 2.67. The third-order valence-corrected chi connectivity index (χ3v) is 5.33. The van der Waals surface area contributed by atoms with Crippen molar-refractivity contribution in [2.75, 3.05) is 7.11 Å². The Morgan fingerprint density at radius 2 is 1.95 bits per heavy atom. The molecule has 3 N–H and O–H groups in total. The van der Waals surface area contributed by atoms with Crippen molar-refractivity contribution in [2.24, 2.45) is 0 Å². The largest absolute Gasteiger partial charge is 0.437 e. The van der Waals surface area contributed by atoms with Crippen molar-refractivity contribution in [3.05, 3.63) is 39.6 Å². The van der Waals surface area contributed by atoms with Crippen LogP contribution in [-0.2, 0) is 19.4 Å². The van der Waals surface area contributed by atoms with Crippen LogP contribution in [-0.4, -0.2) is 29.7 Å². The van der Waals surface area contributed by atoms with E-state index >= 15 is 0 Å². The fourth-order valence-electron chi connectivity index (χ4n) is 1.86. The summed E-state index contributed by atoms with van der Waals surface area (Å²) >= 11 is 5.85. The fourth-order valence-corrected chi connectivity index (χ4v) is 4.00. The van der Waals surface area contributed by atoms with E-state index in [4.69, 9.17) is 11.6 Å². The molecule has 12 heteroatoms. The Balaban J connectivity index is 2.87. The van der Waals surface area contributed by atoms with Gasteiger partial charge in [-0.05, 0) is 18.2 Å². The molecule has 0 fully saturated rings. The number of hydrogen-bond acceptors (Lipinski definition) is 5. The second-order valence-electron chi connectivity index (χ2n) is 4.13. The number of halogens is 1. The molecule has 0 radical (unpaired) electrons. The number of benzene rings is 1. The first-order valence-corrected chi connectivity index (χ1v) is 8.97. The Hall–Kier alpha value is -1.26. The zero-order chi connectivity index (χ0) is 16.7. The van der Waals surface area contributed by atoms with Crippen LogP contribution in [0.3, 0.4) is 0 Å². The normalized spacial score (nSPS) is 12.7. The number of pyridine rings is 1. The van der Waals surface area contributed by atoms with Crippen LogP contribution in [0.5, 0.6) is 0 Å². The molecule has 0 atom stereocenters. The quantitative estimate of drug-likeness (QED) is 0.526. The lowest BCUT2D eigenvalue weighted by Crippen LogP contribution is -2.23. The van der Waals surface area contributed by atoms with E-state index in [9.17, 15) is 27.6 Å². The van der Waals surface area contributed by atoms with Gasteiger partial charge >= 0.3 is 7.75 Å². The maximum atomic E-state index is 11.9. The van der Waals surface area contributed by atoms with Crippen LogP contribution in [0, 0.1) is 0 Å². The van der Waals surface area contributed by atoms with Crippen LogP contribution in [0.2, 0.25) is 5.02 Å². The standard InChI is InChI=1S/C10H10ClN2O7PS/c1-20-12-22(18,19)9-4-6-2-3-10(14)13(21(15,16)17)8(6)5-7(9)11/h2-5,12H,1H3,(H2,15,16,17). The van der Waals surface area contributed by atoms with Crippen molar-refractivity contribution in [1.29, 1.82) is 0 Å². The van der Waals surface area contributed by atoms with Gasteiger partial charge in [0.15, 0.2) is 0 Å². The number of nitrogens with one attached hydrogen (secondary N) is 1. The molecule has 0 aliphatic carbocycles. The molecule has 120 valence electrons. The van der Waals surface area contributed by atoms with Gasteiger partial charge in [-0.2, -0.15) is 0 Å². The van der Waals surface area contributed by atoms with Crippen molar-refractivity contribution in [3.63, 3.8) is 0 Å². The minimum atomic E-state index is -4.93. The Labute approximate surface area is 129 Å². The number of hydrogen-bond donors (Lipinski definition) is 3. The molecule has 1 aromatic heterocycles. The average molecular weight is 369 g/mol. The molecule has 0 saturated carbocycles. The van der Waals surface area contributed by atoms with E-state index in [2.05, 4.69) is 4.84 Å². The maximum absolute atomic E-state index is 11.9. The zero-order valence-corrected chi connectivity index (χ0v) is 13.4. The molecule has 22 heavy (non-hydrogen) atoms. The second kappa shape index (κ2) is 5.74. The molecular weight excluding hydrogens is 359 g/mol. The van der Waals surface area contributed by atoms with Crippen molar-refractivity contribution in [1.82, 2.24) is 9.22 Å². The number of rotatable bonds is 4. The van der Waals surface area contributed by atoms with Gasteiger partial charge in [-0.15, -0.1) is 0 Å². The van der Waals surface area contributed by atoms with E-state index in [-0.39, 0.29) is 25.2 Å². The minimum absolute atomic E-state index is 0.101. The Bertz CT molecular complexity index is 950. The van der Waals surface area contributed by atoms with Crippen molar-refractivity contribution in [2.45, 2.75) is 4.90 Å². The summed E-state index contributed by atoms with van der Waals surface area (Å²) in [7, 11) is -7.92. The summed E-state index contributed by atoms with van der Waals surface area (Å²) in [5, 5.41) is -0.228. The SMILES string of the molecule is CONS(=O)(=O)c1cc2ccc(=O)n(P(=O)(O)O)c2cc1Cl. The molecule has 0 aliphatic heterocycles. The van der Waals surface area contributed by atoms with Crippen molar-refractivity contribution >= 4 is 40.3 Å². The maximum Gasteiger partial charge on any atom is 0.437 e. The van der Waals surface area contributed by atoms with Gasteiger partial charge in [0.2, 0.25) is 0 Å². The summed E-state index contributed by atoms with van der Waals surface area (Å²) in [4.78, 5) is 35.9. The van der Waals surface area contributed by atoms with E-state index in [0.717, 1.165) is 25.3 Å². The van der Waals surface area contributed by atoms with Crippen LogP contribution < -0.4 is 10.4 Å². The molecule has 9 nitrogen and oxygen atoms in total. The topological polar surface area (TPSA) is 135 Å². The van der Waals surface area contributed by atoms with Gasteiger partial charge in [0.05, 0.1) is 17.6 Å². The molecule has 0 bridgehead atoms. The summed E-state index contributed by atoms with van der Waals surface area (Å²) in [6.07, 6.45) is 0. The molecule has 2 rings (SSSR count). The third kappa shape index (κ3) is 3.08. The van der Waals surface area contributed by atoms with Gasteiger partial charge in [-0.1, -0.05) is 16.5 Å². The van der Waals surface area contributed by atoms with E-state index in [1.54, 1.807) is 4.89 Å². The number of nitrogens with zero attached hydrogens (tertiary/aromatic N) is 1. The Morgan fingerprint density at radius 1 is 1.32 bits per heavy atom. The molecule has 2 aromatic rings. The van der Waals surface area contributed by atoms with Crippen LogP contribution >= 0.6 is 19.3 Å². The number of fused-ring (bicyclic) bond motifs is 1. The molecule has 1 aromatic carbocycles. The summed E-state index contributed by atoms with van der Waals surface area (Å²) in [6.45, 7) is 0. The molecule has 1 heterocycles. The highest BCUT2D eigenvalue weighted by Gasteiger charge is 2.24. The van der Waals surface area contributed by atoms with E-state index in [1.807, 2.05) is 0 Å². The van der Waals surface area contributed by atoms with E-state index < -0.39 is 23.3 Å². The fraction of sp³-hybridized carbons (Fsp3) is 0.100. The number of sulfonamides is 1. The first-order chi connectivity index (χ1) is 10.1. The lowest BCUT2D eigenvalue weighted by atomic mass is 10.2. The summed E-state index contributed by atoms with van der Waals surface area (Å²) in [6, 6.07) is 4.20. The van der Waals surface area contributed by atoms with Gasteiger partial charge in [-0.25, -0.2) is 17.3 Å². The predicted octanol–water partition coefficient (Wildman–Crippen LogP) is 0.435. The van der Waals surface area contributed by atoms with Gasteiger partial charge in [0, 0.05) is 11.5 Å². The predicted molar refractivity (Wildman–Crippen MR) is 78.0 cm³/mol. The monoisotopic (exact) mass is 368 g/mol. The van der Waals surface area contributed by atoms with Gasteiger partial charge in [-0.3, -0.25) is 9.63 Å². The van der Waals surface area contributed by atoms with Gasteiger partial charge in [0.25, 0.3) is 15.6 Å². The van der Waals surface area contributed by atoms with Crippen LogP contribution in [0.4, 0.5) is 0 Å². The summed E-state index contributed by atoms with van der Waals surface area (Å²) in [5.41, 5.74) is -1.13. The molecule has 0 amide bonds. The highest BCUT2D eigenvalue weighted by Crippen LogP contribution is 2.39. The first kappa shape index (κ1) is 17.1. The minimum Gasteiger partial charge on any atom is -0.308 e. The smallest absolute Gasteiger partial charge is 0.308 e. The Kier molecular flexibility index (Phi) is 4.46. The Morgan fingerprint density at radius 3 is 2.50 bits per heavy atom. The molecule has 0 saturated heterocycles. The van der Waals surface area contributed by atoms with Crippen LogP contribution in [0.1, 0.15) is 0 Å². The molecule has 0 spiro atoms. The molecular formula is C10H10ClN2O7PS. The first-order valence-electron chi connectivity index (χ1n) is 5.54. The highest BCUT2D eigenvalue weighted by molar-refractivity contribution is 7.89. The number of aromatic nitrogens is 1. The lowest BCUT2D eigenvalue weighted by Gasteiger charge is -2.13. The lowest BCUT2D eigenvalue weighted by molar-refractivity contribution is 0.153. The van der Waals surface area contributed by atoms with E-state index in [1.165, 1.54) is 6.07 Å². The van der Waals surface area contributed by atoms with Crippen LogP contribution in [0.25, 0.3) is 10.9 Å². The molecule has 0 aliphatic rings. The summed E-state index contributed by atoms with van der Waals surface area (Å²) in [5.74, 6) is 0. The zero-order valence-electron chi connectivity index (χ0n) is 10.9. The van der Waals surface area contributed by atoms with Gasteiger partial charge < -0.3 is 9.79 Å². The van der Waals surface area contributed by atoms with Crippen molar-refractivity contribution in [3.8, 4) is 0 Å². The van der Waals surface area contributed by atoms with Crippen molar-refractivity contribution < 1.29 is 27.6 Å². The second-order valence-corrected chi connectivity index (χ2v) is 7.58. The average Bonchev–Trinajstić information content (AvgIpc) is 2.35.